The van der Waals surface area contributed by atoms with E-state index < -0.39 is 58.9 Å². The highest BCUT2D eigenvalue weighted by molar-refractivity contribution is 9.10. The van der Waals surface area contributed by atoms with E-state index in [0.717, 1.165) is 11.0 Å². The topological polar surface area (TPSA) is 150 Å². The summed E-state index contributed by atoms with van der Waals surface area (Å²) < 4.78 is 6.69. The van der Waals surface area contributed by atoms with Crippen LogP contribution in [0.15, 0.2) is 46.9 Å². The highest BCUT2D eigenvalue weighted by Crippen LogP contribution is 2.59. The molecule has 0 aromatic heterocycles. The first-order chi connectivity index (χ1) is 16.2. The molecule has 10 nitrogen and oxygen atoms in total. The summed E-state index contributed by atoms with van der Waals surface area (Å²) in [6.45, 7) is -0.467. The van der Waals surface area contributed by atoms with Crippen LogP contribution in [0.4, 0.5) is 11.4 Å². The van der Waals surface area contributed by atoms with E-state index in [1.165, 1.54) is 24.3 Å². The van der Waals surface area contributed by atoms with Gasteiger partial charge in [-0.1, -0.05) is 22.0 Å². The van der Waals surface area contributed by atoms with Crippen molar-refractivity contribution in [3.63, 3.8) is 0 Å². The Morgan fingerprint density at radius 3 is 2.65 bits per heavy atom. The number of amides is 2. The van der Waals surface area contributed by atoms with Crippen LogP contribution in [-0.2, 0) is 14.3 Å². The molecule has 2 heterocycles. The Hall–Kier alpha value is -2.86. The fourth-order valence-electron chi connectivity index (χ4n) is 5.67. The van der Waals surface area contributed by atoms with Crippen LogP contribution in [0, 0.1) is 33.8 Å². The van der Waals surface area contributed by atoms with Gasteiger partial charge in [-0.25, -0.2) is 4.90 Å². The lowest BCUT2D eigenvalue weighted by Gasteiger charge is -2.44. The highest BCUT2D eigenvalue weighted by Gasteiger charge is 2.67. The van der Waals surface area contributed by atoms with Crippen molar-refractivity contribution in [1.82, 2.24) is 0 Å². The van der Waals surface area contributed by atoms with Crippen LogP contribution in [0.3, 0.4) is 0 Å². The highest BCUT2D eigenvalue weighted by atomic mass is 79.9. The second kappa shape index (κ2) is 8.12. The summed E-state index contributed by atoms with van der Waals surface area (Å²) in [5.41, 5.74) is 0.243. The lowest BCUT2D eigenvalue weighted by atomic mass is 9.64. The molecular weight excluding hydrogens is 512 g/mol. The lowest BCUT2D eigenvalue weighted by molar-refractivity contribution is -0.384. The molecule has 0 spiro atoms. The van der Waals surface area contributed by atoms with E-state index in [1.807, 2.05) is 0 Å². The van der Waals surface area contributed by atoms with Gasteiger partial charge in [0.2, 0.25) is 11.8 Å². The van der Waals surface area contributed by atoms with Gasteiger partial charge in [-0.3, -0.25) is 19.7 Å². The van der Waals surface area contributed by atoms with Gasteiger partial charge in [0.1, 0.15) is 5.75 Å². The number of nitrogens with zero attached hydrogens (tertiary/aromatic N) is 2. The van der Waals surface area contributed by atoms with Gasteiger partial charge < -0.3 is 20.1 Å². The normalized spacial score (nSPS) is 32.6. The summed E-state index contributed by atoms with van der Waals surface area (Å²) in [4.78, 5) is 38.4. The molecule has 178 valence electrons. The number of anilines is 1. The van der Waals surface area contributed by atoms with Gasteiger partial charge in [0, 0.05) is 34.0 Å². The number of aromatic hydroxyl groups is 1. The molecule has 3 N–H and O–H groups in total. The molecular formula is C23H21BrN2O8. The van der Waals surface area contributed by atoms with Crippen molar-refractivity contribution >= 4 is 39.1 Å². The fourth-order valence-corrected chi connectivity index (χ4v) is 6.05. The third-order valence-electron chi connectivity index (χ3n) is 7.22. The third kappa shape index (κ3) is 3.34. The number of ether oxygens (including phenoxy) is 1. The van der Waals surface area contributed by atoms with Crippen molar-refractivity contribution in [2.24, 2.45) is 23.7 Å². The number of nitro groups is 1. The quantitative estimate of drug-likeness (QED) is 0.309. The molecule has 2 aliphatic heterocycles. The number of fused-ring (bicyclic) bond motifs is 3. The van der Waals surface area contributed by atoms with E-state index in [2.05, 4.69) is 15.9 Å². The van der Waals surface area contributed by atoms with Crippen molar-refractivity contribution in [2.75, 3.05) is 11.5 Å². The molecule has 2 aromatic carbocycles. The second-order valence-electron chi connectivity index (χ2n) is 8.94. The maximum atomic E-state index is 13.5. The molecule has 11 heteroatoms. The van der Waals surface area contributed by atoms with Crippen LogP contribution in [0.1, 0.15) is 24.5 Å². The maximum absolute atomic E-state index is 13.5. The van der Waals surface area contributed by atoms with E-state index in [-0.39, 0.29) is 30.0 Å². The first-order valence-corrected chi connectivity index (χ1v) is 11.6. The van der Waals surface area contributed by atoms with Crippen LogP contribution >= 0.6 is 15.9 Å². The number of phenols is 1. The molecule has 5 rings (SSSR count). The largest absolute Gasteiger partial charge is 0.508 e. The minimum Gasteiger partial charge on any atom is -0.508 e. The van der Waals surface area contributed by atoms with Gasteiger partial charge >= 0.3 is 0 Å². The van der Waals surface area contributed by atoms with E-state index in [4.69, 9.17) is 4.74 Å². The Morgan fingerprint density at radius 1 is 1.18 bits per heavy atom. The van der Waals surface area contributed by atoms with Gasteiger partial charge in [-0.2, -0.15) is 0 Å². The number of non-ortho nitro benzene ring substituents is 1. The van der Waals surface area contributed by atoms with Gasteiger partial charge in [0.15, 0.2) is 5.79 Å². The Labute approximate surface area is 202 Å². The second-order valence-corrected chi connectivity index (χ2v) is 9.86. The summed E-state index contributed by atoms with van der Waals surface area (Å²) in [6, 6.07) is 10.1. The number of hydrogen-bond acceptors (Lipinski definition) is 8. The van der Waals surface area contributed by atoms with E-state index in [0.29, 0.717) is 10.0 Å². The number of phenolic OH excluding ortho intramolecular Hbond substituents is 1. The minimum atomic E-state index is -1.88. The number of imide groups is 1. The van der Waals surface area contributed by atoms with E-state index in [1.54, 1.807) is 12.1 Å². The first kappa shape index (κ1) is 22.9. The standard InChI is InChI=1S/C23H21BrN2O8/c24-12-4-5-18(28)15(7-12)19-9-17-20-16(6-11(10-27)23(17,31)34-19)21(29)25(22(20)30)13-2-1-3-14(8-13)26(32)33/h1-5,7-8,11,16-17,19-20,27-28,31H,6,9-10H2/t11-,16+,17+,19+,20+,23-/m1/s1. The van der Waals surface area contributed by atoms with Crippen molar-refractivity contribution in [2.45, 2.75) is 24.7 Å². The Bertz CT molecular complexity index is 1210. The van der Waals surface area contributed by atoms with E-state index >= 15 is 0 Å². The average molecular weight is 533 g/mol. The summed E-state index contributed by atoms with van der Waals surface area (Å²) in [7, 11) is 0. The summed E-state index contributed by atoms with van der Waals surface area (Å²) in [5, 5.41) is 43.1. The number of rotatable bonds is 4. The molecule has 1 saturated carbocycles. The van der Waals surface area contributed by atoms with Crippen molar-refractivity contribution in [3.8, 4) is 5.75 Å². The van der Waals surface area contributed by atoms with Gasteiger partial charge in [-0.05, 0) is 37.1 Å². The number of carbonyl (C=O) groups excluding carboxylic acids is 2. The summed E-state index contributed by atoms with van der Waals surface area (Å²) in [6.07, 6.45) is -0.614. The zero-order chi connectivity index (χ0) is 24.4. The Balaban J connectivity index is 1.54. The molecule has 0 radical (unpaired) electrons. The van der Waals surface area contributed by atoms with Crippen LogP contribution in [0.5, 0.6) is 5.75 Å². The molecule has 0 unspecified atom stereocenters. The number of carbonyl (C=O) groups is 2. The molecule has 3 aliphatic rings. The molecule has 2 aromatic rings. The van der Waals surface area contributed by atoms with Crippen LogP contribution in [-0.4, -0.2) is 44.5 Å². The first-order valence-electron chi connectivity index (χ1n) is 10.8. The molecule has 34 heavy (non-hydrogen) atoms. The third-order valence-corrected chi connectivity index (χ3v) is 7.71. The smallest absolute Gasteiger partial charge is 0.271 e. The minimum absolute atomic E-state index is 0.0152. The van der Waals surface area contributed by atoms with Gasteiger partial charge in [0.25, 0.3) is 5.69 Å². The van der Waals surface area contributed by atoms with Crippen LogP contribution in [0.25, 0.3) is 0 Å². The average Bonchev–Trinajstić information content (AvgIpc) is 3.28. The van der Waals surface area contributed by atoms with E-state index in [9.17, 15) is 35.0 Å². The predicted octanol–water partition coefficient (Wildman–Crippen LogP) is 2.65. The van der Waals surface area contributed by atoms with Gasteiger partial charge in [-0.15, -0.1) is 0 Å². The fraction of sp³-hybridized carbons (Fsp3) is 0.391. The number of benzene rings is 2. The molecule has 3 fully saturated rings. The summed E-state index contributed by atoms with van der Waals surface area (Å²) >= 11 is 3.35. The number of aliphatic hydroxyl groups excluding tert-OH is 1. The van der Waals surface area contributed by atoms with Crippen molar-refractivity contribution < 1.29 is 34.6 Å². The van der Waals surface area contributed by atoms with Gasteiger partial charge in [0.05, 0.1) is 35.2 Å². The van der Waals surface area contributed by atoms with Crippen molar-refractivity contribution in [1.29, 1.82) is 0 Å². The number of halogens is 1. The monoisotopic (exact) mass is 532 g/mol. The Morgan fingerprint density at radius 2 is 1.94 bits per heavy atom. The predicted molar refractivity (Wildman–Crippen MR) is 120 cm³/mol. The number of nitro benzene ring substituents is 1. The number of hydrogen-bond donors (Lipinski definition) is 3. The zero-order valence-corrected chi connectivity index (χ0v) is 19.3. The number of aliphatic hydroxyl groups is 2. The molecule has 1 aliphatic carbocycles. The molecule has 2 saturated heterocycles. The molecule has 0 bridgehead atoms. The van der Waals surface area contributed by atoms with Crippen LogP contribution < -0.4 is 4.90 Å². The lowest BCUT2D eigenvalue weighted by Crippen LogP contribution is -2.54. The maximum Gasteiger partial charge on any atom is 0.271 e. The molecule has 6 atom stereocenters. The Kier molecular flexibility index (Phi) is 5.47. The molecule has 2 amide bonds. The van der Waals surface area contributed by atoms with Crippen molar-refractivity contribution in [3.05, 3.63) is 62.6 Å². The summed E-state index contributed by atoms with van der Waals surface area (Å²) in [5.74, 6) is -6.43. The zero-order valence-electron chi connectivity index (χ0n) is 17.7. The SMILES string of the molecule is O=C1[C@H]2[C@H](C[C@H](CO)[C@@]3(O)O[C@H](c4cc(Br)ccc4O)C[C@@H]23)C(=O)N1c1cccc([N+](=O)[O-])c1. The van der Waals surface area contributed by atoms with Crippen LogP contribution in [0.2, 0.25) is 0 Å².